The van der Waals surface area contributed by atoms with Crippen LogP contribution in [-0.2, 0) is 10.2 Å². The van der Waals surface area contributed by atoms with E-state index in [0.29, 0.717) is 11.1 Å². The van der Waals surface area contributed by atoms with E-state index in [4.69, 9.17) is 4.42 Å². The Morgan fingerprint density at radius 2 is 1.92 bits per heavy atom. The van der Waals surface area contributed by atoms with Gasteiger partial charge >= 0.3 is 0 Å². The molecule has 2 heterocycles. The summed E-state index contributed by atoms with van der Waals surface area (Å²) in [7, 11) is 0. The molecular weight excluding hydrogens is 366 g/mol. The Labute approximate surface area is 161 Å². The minimum absolute atomic E-state index is 0.0872. The third-order valence-electron chi connectivity index (χ3n) is 3.80. The lowest BCUT2D eigenvalue weighted by atomic mass is 9.87. The minimum atomic E-state index is -0.353. The summed E-state index contributed by atoms with van der Waals surface area (Å²) >= 11 is 2.78. The summed E-state index contributed by atoms with van der Waals surface area (Å²) in [5, 5.41) is 13.0. The molecule has 7 heteroatoms. The Kier molecular flexibility index (Phi) is 5.48. The van der Waals surface area contributed by atoms with Crippen LogP contribution in [-0.4, -0.2) is 21.4 Å². The number of carbonyl (C=O) groups is 1. The number of anilines is 1. The van der Waals surface area contributed by atoms with Crippen LogP contribution in [0.1, 0.15) is 33.3 Å². The summed E-state index contributed by atoms with van der Waals surface area (Å²) in [5.74, 6) is 0.377. The SMILES string of the molecule is CC(Sc1nnc(-c2cccs2)o1)C(=O)Nc1ccc(C(C)(C)C)cc1. The minimum Gasteiger partial charge on any atom is -0.410 e. The largest absolute Gasteiger partial charge is 0.410 e. The molecule has 5 nitrogen and oxygen atoms in total. The number of carbonyl (C=O) groups excluding carboxylic acids is 1. The quantitative estimate of drug-likeness (QED) is 0.608. The molecule has 2 aromatic heterocycles. The van der Waals surface area contributed by atoms with Gasteiger partial charge in [0.1, 0.15) is 0 Å². The summed E-state index contributed by atoms with van der Waals surface area (Å²) in [5.41, 5.74) is 2.09. The van der Waals surface area contributed by atoms with Crippen molar-refractivity contribution in [2.75, 3.05) is 5.32 Å². The Morgan fingerprint density at radius 1 is 1.19 bits per heavy atom. The molecule has 0 saturated heterocycles. The number of nitrogens with zero attached hydrogens (tertiary/aromatic N) is 2. The first-order chi connectivity index (χ1) is 12.3. The molecule has 0 saturated carbocycles. The van der Waals surface area contributed by atoms with Gasteiger partial charge in [0.05, 0.1) is 10.1 Å². The van der Waals surface area contributed by atoms with Gasteiger partial charge in [-0.2, -0.15) is 0 Å². The lowest BCUT2D eigenvalue weighted by molar-refractivity contribution is -0.115. The van der Waals surface area contributed by atoms with Gasteiger partial charge in [0.15, 0.2) is 0 Å². The highest BCUT2D eigenvalue weighted by atomic mass is 32.2. The molecule has 0 radical (unpaired) electrons. The van der Waals surface area contributed by atoms with Gasteiger partial charge in [-0.15, -0.1) is 21.5 Å². The monoisotopic (exact) mass is 387 g/mol. The van der Waals surface area contributed by atoms with Crippen LogP contribution in [0.2, 0.25) is 0 Å². The molecule has 1 amide bonds. The number of hydrogen-bond donors (Lipinski definition) is 1. The fourth-order valence-corrected chi connectivity index (χ4v) is 3.59. The van der Waals surface area contributed by atoms with Crippen LogP contribution in [0.25, 0.3) is 10.8 Å². The molecule has 0 spiro atoms. The molecule has 0 bridgehead atoms. The molecule has 1 atom stereocenters. The molecule has 0 aliphatic rings. The smallest absolute Gasteiger partial charge is 0.277 e. The van der Waals surface area contributed by atoms with Crippen LogP contribution in [0.3, 0.4) is 0 Å². The zero-order valence-corrected chi connectivity index (χ0v) is 16.8. The number of nitrogens with one attached hydrogen (secondary N) is 1. The molecule has 136 valence electrons. The number of amides is 1. The lowest BCUT2D eigenvalue weighted by Gasteiger charge is -2.19. The maximum Gasteiger partial charge on any atom is 0.277 e. The van der Waals surface area contributed by atoms with Gasteiger partial charge in [-0.25, -0.2) is 0 Å². The predicted octanol–water partition coefficient (Wildman–Crippen LogP) is 5.21. The first-order valence-corrected chi connectivity index (χ1v) is 10.0. The standard InChI is InChI=1S/C19H21N3O2S2/c1-12(26-18-22-21-17(24-18)15-6-5-11-25-15)16(23)20-14-9-7-13(8-10-14)19(2,3)4/h5-12H,1-4H3,(H,20,23). The molecule has 26 heavy (non-hydrogen) atoms. The number of rotatable bonds is 5. The highest BCUT2D eigenvalue weighted by Crippen LogP contribution is 2.29. The summed E-state index contributed by atoms with van der Waals surface area (Å²) in [6.07, 6.45) is 0. The number of hydrogen-bond acceptors (Lipinski definition) is 6. The summed E-state index contributed by atoms with van der Waals surface area (Å²) in [6.45, 7) is 8.30. The van der Waals surface area contributed by atoms with Crippen molar-refractivity contribution in [2.45, 2.75) is 43.6 Å². The highest BCUT2D eigenvalue weighted by Gasteiger charge is 2.19. The summed E-state index contributed by atoms with van der Waals surface area (Å²) < 4.78 is 5.62. The van der Waals surface area contributed by atoms with Gasteiger partial charge < -0.3 is 9.73 Å². The van der Waals surface area contributed by atoms with E-state index in [1.54, 1.807) is 0 Å². The Hall–Kier alpha value is -2.12. The van der Waals surface area contributed by atoms with E-state index in [9.17, 15) is 4.79 Å². The van der Waals surface area contributed by atoms with Gasteiger partial charge in [0, 0.05) is 5.69 Å². The fourth-order valence-electron chi connectivity index (χ4n) is 2.26. The summed E-state index contributed by atoms with van der Waals surface area (Å²) in [6, 6.07) is 11.8. The van der Waals surface area contributed by atoms with E-state index in [1.807, 2.05) is 48.7 Å². The molecule has 0 aliphatic heterocycles. The van der Waals surface area contributed by atoms with Crippen molar-refractivity contribution in [3.8, 4) is 10.8 Å². The lowest BCUT2D eigenvalue weighted by Crippen LogP contribution is -2.22. The Morgan fingerprint density at radius 3 is 2.54 bits per heavy atom. The predicted molar refractivity (Wildman–Crippen MR) is 107 cm³/mol. The van der Waals surface area contributed by atoms with Crippen molar-refractivity contribution in [2.24, 2.45) is 0 Å². The van der Waals surface area contributed by atoms with Gasteiger partial charge in [0.2, 0.25) is 5.91 Å². The zero-order valence-electron chi connectivity index (χ0n) is 15.1. The van der Waals surface area contributed by atoms with E-state index in [-0.39, 0.29) is 16.6 Å². The second-order valence-corrected chi connectivity index (χ2v) is 9.17. The van der Waals surface area contributed by atoms with Gasteiger partial charge in [-0.05, 0) is 41.5 Å². The average Bonchev–Trinajstić information content (AvgIpc) is 3.25. The molecule has 1 unspecified atom stereocenters. The van der Waals surface area contributed by atoms with Crippen molar-refractivity contribution in [1.29, 1.82) is 0 Å². The van der Waals surface area contributed by atoms with E-state index in [0.717, 1.165) is 10.6 Å². The van der Waals surface area contributed by atoms with E-state index in [1.165, 1.54) is 28.7 Å². The van der Waals surface area contributed by atoms with E-state index >= 15 is 0 Å². The average molecular weight is 388 g/mol. The zero-order chi connectivity index (χ0) is 18.7. The third-order valence-corrected chi connectivity index (χ3v) is 5.60. The molecule has 1 N–H and O–H groups in total. The van der Waals surface area contributed by atoms with E-state index < -0.39 is 0 Å². The summed E-state index contributed by atoms with van der Waals surface area (Å²) in [4.78, 5) is 13.3. The first kappa shape index (κ1) is 18.7. The van der Waals surface area contributed by atoms with Crippen LogP contribution in [0.5, 0.6) is 0 Å². The van der Waals surface area contributed by atoms with Crippen LogP contribution in [0, 0.1) is 0 Å². The van der Waals surface area contributed by atoms with Crippen molar-refractivity contribution in [3.05, 3.63) is 47.3 Å². The number of thiophene rings is 1. The second-order valence-electron chi connectivity index (χ2n) is 6.93. The maximum absolute atomic E-state index is 12.4. The van der Waals surface area contributed by atoms with E-state index in [2.05, 4.69) is 36.3 Å². The van der Waals surface area contributed by atoms with Gasteiger partial charge in [-0.3, -0.25) is 4.79 Å². The van der Waals surface area contributed by atoms with Gasteiger partial charge in [-0.1, -0.05) is 50.7 Å². The maximum atomic E-state index is 12.4. The number of aromatic nitrogens is 2. The third kappa shape index (κ3) is 4.53. The highest BCUT2D eigenvalue weighted by molar-refractivity contribution is 8.00. The van der Waals surface area contributed by atoms with Crippen LogP contribution < -0.4 is 5.32 Å². The van der Waals surface area contributed by atoms with Crippen molar-refractivity contribution in [1.82, 2.24) is 10.2 Å². The molecule has 0 fully saturated rings. The number of thioether (sulfide) groups is 1. The van der Waals surface area contributed by atoms with Crippen LogP contribution in [0.4, 0.5) is 5.69 Å². The van der Waals surface area contributed by atoms with Crippen LogP contribution in [0.15, 0.2) is 51.4 Å². The first-order valence-electron chi connectivity index (χ1n) is 8.28. The molecule has 3 aromatic rings. The second kappa shape index (κ2) is 7.63. The van der Waals surface area contributed by atoms with Crippen LogP contribution >= 0.6 is 23.1 Å². The normalized spacial score (nSPS) is 12.8. The van der Waals surface area contributed by atoms with Crippen molar-refractivity contribution >= 4 is 34.7 Å². The van der Waals surface area contributed by atoms with Gasteiger partial charge in [0.25, 0.3) is 11.1 Å². The Bertz CT molecular complexity index is 865. The fraction of sp³-hybridized carbons (Fsp3) is 0.316. The molecular formula is C19H21N3O2S2. The van der Waals surface area contributed by atoms with Crippen molar-refractivity contribution < 1.29 is 9.21 Å². The molecule has 1 aromatic carbocycles. The Balaban J connectivity index is 1.59. The topological polar surface area (TPSA) is 68.0 Å². The molecule has 3 rings (SSSR count). The number of benzene rings is 1. The van der Waals surface area contributed by atoms with Crippen molar-refractivity contribution in [3.63, 3.8) is 0 Å². The molecule has 0 aliphatic carbocycles.